The van der Waals surface area contributed by atoms with Crippen molar-refractivity contribution in [1.82, 2.24) is 4.98 Å². The zero-order chi connectivity index (χ0) is 9.26. The molecule has 1 aromatic rings. The predicted molar refractivity (Wildman–Crippen MR) is 51.7 cm³/mol. The van der Waals surface area contributed by atoms with Crippen molar-refractivity contribution in [2.75, 3.05) is 0 Å². The van der Waals surface area contributed by atoms with E-state index in [4.69, 9.17) is 11.6 Å². The zero-order valence-corrected chi connectivity index (χ0v) is 8.04. The van der Waals surface area contributed by atoms with E-state index >= 15 is 0 Å². The molecule has 1 heterocycles. The van der Waals surface area contributed by atoms with Crippen LogP contribution in [0.2, 0.25) is 5.02 Å². The molecule has 1 aliphatic rings. The van der Waals surface area contributed by atoms with Crippen molar-refractivity contribution in [3.8, 4) is 0 Å². The molecule has 1 aromatic heterocycles. The Kier molecular flexibility index (Phi) is 2.51. The predicted octanol–water partition coefficient (Wildman–Crippen LogP) is 2.05. The van der Waals surface area contributed by atoms with Crippen molar-refractivity contribution in [1.29, 1.82) is 0 Å². The van der Waals surface area contributed by atoms with Gasteiger partial charge in [0.25, 0.3) is 0 Å². The van der Waals surface area contributed by atoms with Crippen LogP contribution in [0.4, 0.5) is 0 Å². The van der Waals surface area contributed by atoms with Gasteiger partial charge in [0.2, 0.25) is 0 Å². The maximum atomic E-state index is 9.64. The molecule has 1 fully saturated rings. The minimum Gasteiger partial charge on any atom is -0.392 e. The number of pyridine rings is 1. The molecule has 1 saturated carbocycles. The summed E-state index contributed by atoms with van der Waals surface area (Å²) in [6, 6.07) is 3.68. The van der Waals surface area contributed by atoms with Crippen LogP contribution in [-0.4, -0.2) is 16.2 Å². The third kappa shape index (κ3) is 2.42. The number of hydrogen-bond donors (Lipinski definition) is 1. The number of aromatic nitrogens is 1. The van der Waals surface area contributed by atoms with Crippen molar-refractivity contribution in [2.45, 2.75) is 25.4 Å². The quantitative estimate of drug-likeness (QED) is 0.805. The molecular formula is C10H12ClNO. The molecule has 1 atom stereocenters. The van der Waals surface area contributed by atoms with E-state index in [0.29, 0.717) is 17.4 Å². The lowest BCUT2D eigenvalue weighted by Gasteiger charge is -2.07. The van der Waals surface area contributed by atoms with Crippen LogP contribution in [0.15, 0.2) is 18.3 Å². The van der Waals surface area contributed by atoms with Gasteiger partial charge < -0.3 is 5.11 Å². The Hall–Kier alpha value is -0.600. The summed E-state index contributed by atoms with van der Waals surface area (Å²) in [5, 5.41) is 10.3. The second kappa shape index (κ2) is 3.64. The molecule has 13 heavy (non-hydrogen) atoms. The number of aliphatic hydroxyl groups is 1. The smallest absolute Gasteiger partial charge is 0.0623 e. The third-order valence-corrected chi connectivity index (χ3v) is 2.60. The first kappa shape index (κ1) is 8.97. The van der Waals surface area contributed by atoms with E-state index in [1.165, 1.54) is 0 Å². The van der Waals surface area contributed by atoms with Crippen LogP contribution < -0.4 is 0 Å². The summed E-state index contributed by atoms with van der Waals surface area (Å²) in [6.45, 7) is 0. The van der Waals surface area contributed by atoms with Gasteiger partial charge in [-0.05, 0) is 30.9 Å². The van der Waals surface area contributed by atoms with Gasteiger partial charge in [0.1, 0.15) is 0 Å². The van der Waals surface area contributed by atoms with Gasteiger partial charge in [-0.1, -0.05) is 11.6 Å². The number of nitrogens with zero attached hydrogens (tertiary/aromatic N) is 1. The van der Waals surface area contributed by atoms with Gasteiger partial charge in [-0.2, -0.15) is 0 Å². The Labute approximate surface area is 82.6 Å². The molecule has 0 bridgehead atoms. The van der Waals surface area contributed by atoms with Crippen LogP contribution in [0.1, 0.15) is 18.5 Å². The molecule has 0 aliphatic heterocycles. The molecule has 0 saturated heterocycles. The van der Waals surface area contributed by atoms with Gasteiger partial charge in [-0.15, -0.1) is 0 Å². The summed E-state index contributed by atoms with van der Waals surface area (Å²) in [5.41, 5.74) is 0.920. The number of halogens is 1. The van der Waals surface area contributed by atoms with E-state index in [1.54, 1.807) is 6.20 Å². The second-order valence-corrected chi connectivity index (χ2v) is 4.01. The Morgan fingerprint density at radius 3 is 2.85 bits per heavy atom. The molecule has 2 rings (SSSR count). The van der Waals surface area contributed by atoms with Crippen molar-refractivity contribution >= 4 is 11.6 Å². The highest BCUT2D eigenvalue weighted by atomic mass is 35.5. The molecular weight excluding hydrogens is 186 g/mol. The van der Waals surface area contributed by atoms with Gasteiger partial charge in [0.05, 0.1) is 11.1 Å². The molecule has 1 unspecified atom stereocenters. The minimum absolute atomic E-state index is 0.214. The largest absolute Gasteiger partial charge is 0.392 e. The summed E-state index contributed by atoms with van der Waals surface area (Å²) in [4.78, 5) is 4.14. The lowest BCUT2D eigenvalue weighted by Crippen LogP contribution is -2.13. The monoisotopic (exact) mass is 197 g/mol. The van der Waals surface area contributed by atoms with Gasteiger partial charge in [-0.25, -0.2) is 0 Å². The highest BCUT2D eigenvalue weighted by Crippen LogP contribution is 2.33. The minimum atomic E-state index is -0.214. The topological polar surface area (TPSA) is 33.1 Å². The molecule has 1 aliphatic carbocycles. The van der Waals surface area contributed by atoms with Gasteiger partial charge in [0, 0.05) is 18.3 Å². The standard InChI is InChI=1S/C10H12ClNO/c11-8-3-4-9(12-6-8)5-10(13)7-1-2-7/h3-4,6-7,10,13H,1-2,5H2. The van der Waals surface area contributed by atoms with E-state index in [0.717, 1.165) is 18.5 Å². The van der Waals surface area contributed by atoms with Gasteiger partial charge >= 0.3 is 0 Å². The second-order valence-electron chi connectivity index (χ2n) is 3.58. The number of rotatable bonds is 3. The lowest BCUT2D eigenvalue weighted by molar-refractivity contribution is 0.150. The fourth-order valence-corrected chi connectivity index (χ4v) is 1.50. The van der Waals surface area contributed by atoms with Crippen molar-refractivity contribution in [3.05, 3.63) is 29.0 Å². The Morgan fingerprint density at radius 2 is 2.31 bits per heavy atom. The van der Waals surface area contributed by atoms with Crippen LogP contribution in [-0.2, 0) is 6.42 Å². The Bertz CT molecular complexity index is 281. The number of aliphatic hydroxyl groups excluding tert-OH is 1. The van der Waals surface area contributed by atoms with Crippen LogP contribution in [0.25, 0.3) is 0 Å². The van der Waals surface area contributed by atoms with Gasteiger partial charge in [-0.3, -0.25) is 4.98 Å². The summed E-state index contributed by atoms with van der Waals surface area (Å²) in [7, 11) is 0. The van der Waals surface area contributed by atoms with Gasteiger partial charge in [0.15, 0.2) is 0 Å². The zero-order valence-electron chi connectivity index (χ0n) is 7.28. The van der Waals surface area contributed by atoms with Crippen LogP contribution >= 0.6 is 11.6 Å². The Morgan fingerprint density at radius 1 is 1.54 bits per heavy atom. The van der Waals surface area contributed by atoms with Crippen LogP contribution in [0.3, 0.4) is 0 Å². The molecule has 3 heteroatoms. The average Bonchev–Trinajstić information content (AvgIpc) is 2.91. The van der Waals surface area contributed by atoms with E-state index in [9.17, 15) is 5.11 Å². The average molecular weight is 198 g/mol. The maximum Gasteiger partial charge on any atom is 0.0623 e. The normalized spacial score (nSPS) is 18.6. The lowest BCUT2D eigenvalue weighted by atomic mass is 10.1. The van der Waals surface area contributed by atoms with E-state index in [2.05, 4.69) is 4.98 Å². The molecule has 2 nitrogen and oxygen atoms in total. The molecule has 0 aromatic carbocycles. The molecule has 1 N–H and O–H groups in total. The highest BCUT2D eigenvalue weighted by molar-refractivity contribution is 6.30. The fraction of sp³-hybridized carbons (Fsp3) is 0.500. The third-order valence-electron chi connectivity index (χ3n) is 2.37. The molecule has 0 spiro atoms. The van der Waals surface area contributed by atoms with Crippen LogP contribution in [0.5, 0.6) is 0 Å². The molecule has 70 valence electrons. The van der Waals surface area contributed by atoms with E-state index in [-0.39, 0.29) is 6.10 Å². The summed E-state index contributed by atoms with van der Waals surface area (Å²) in [6.07, 6.45) is 4.38. The van der Waals surface area contributed by atoms with Crippen molar-refractivity contribution in [3.63, 3.8) is 0 Å². The summed E-state index contributed by atoms with van der Waals surface area (Å²) >= 11 is 5.70. The highest BCUT2D eigenvalue weighted by Gasteiger charge is 2.29. The molecule has 0 amide bonds. The maximum absolute atomic E-state index is 9.64. The SMILES string of the molecule is OC(Cc1ccc(Cl)cn1)C1CC1. The fourth-order valence-electron chi connectivity index (χ4n) is 1.39. The first-order chi connectivity index (χ1) is 6.25. The summed E-state index contributed by atoms with van der Waals surface area (Å²) < 4.78 is 0. The Balaban J connectivity index is 1.96. The van der Waals surface area contributed by atoms with E-state index < -0.39 is 0 Å². The first-order valence-corrected chi connectivity index (χ1v) is 4.92. The van der Waals surface area contributed by atoms with E-state index in [1.807, 2.05) is 12.1 Å². The van der Waals surface area contributed by atoms with Crippen LogP contribution in [0, 0.1) is 5.92 Å². The van der Waals surface area contributed by atoms with Crippen molar-refractivity contribution in [2.24, 2.45) is 5.92 Å². The summed E-state index contributed by atoms with van der Waals surface area (Å²) in [5.74, 6) is 0.512. The molecule has 0 radical (unpaired) electrons. The first-order valence-electron chi connectivity index (χ1n) is 4.54. The number of hydrogen-bond acceptors (Lipinski definition) is 2. The van der Waals surface area contributed by atoms with Crippen molar-refractivity contribution < 1.29 is 5.11 Å².